The van der Waals surface area contributed by atoms with Crippen LogP contribution in [0.5, 0.6) is 0 Å². The number of rotatable bonds is 1. The van der Waals surface area contributed by atoms with Gasteiger partial charge in [0.1, 0.15) is 5.01 Å². The average Bonchev–Trinajstić information content (AvgIpc) is 2.73. The molecule has 2 aromatic rings. The molecule has 3 rings (SSSR count). The highest BCUT2D eigenvalue weighted by Crippen LogP contribution is 2.30. The van der Waals surface area contributed by atoms with Crippen LogP contribution in [0.1, 0.15) is 17.5 Å². The molecule has 1 aromatic heterocycles. The fraction of sp³-hybridized carbons (Fsp3) is 0.231. The van der Waals surface area contributed by atoms with Gasteiger partial charge in [0.25, 0.3) is 0 Å². The first kappa shape index (κ1) is 9.73. The fourth-order valence-corrected chi connectivity index (χ4v) is 2.99. The van der Waals surface area contributed by atoms with Crippen molar-refractivity contribution in [2.24, 2.45) is 4.99 Å². The quantitative estimate of drug-likeness (QED) is 0.736. The molecular formula is C13H12N2S. The third-order valence-corrected chi connectivity index (χ3v) is 3.82. The molecule has 1 atom stereocenters. The van der Waals surface area contributed by atoms with Crippen LogP contribution in [-0.2, 0) is 6.42 Å². The van der Waals surface area contributed by atoms with Crippen molar-refractivity contribution in [2.45, 2.75) is 19.4 Å². The van der Waals surface area contributed by atoms with Crippen LogP contribution in [0.4, 0.5) is 0 Å². The van der Waals surface area contributed by atoms with Gasteiger partial charge in [-0.15, -0.1) is 11.3 Å². The monoisotopic (exact) mass is 228 g/mol. The van der Waals surface area contributed by atoms with Crippen LogP contribution in [-0.4, -0.2) is 17.2 Å². The molecule has 1 aliphatic rings. The number of aromatic nitrogens is 1. The van der Waals surface area contributed by atoms with E-state index < -0.39 is 0 Å². The normalized spacial score (nSPS) is 18.4. The summed E-state index contributed by atoms with van der Waals surface area (Å²) < 4.78 is 0. The highest BCUT2D eigenvalue weighted by Gasteiger charge is 2.16. The number of hydrogen-bond acceptors (Lipinski definition) is 3. The maximum atomic E-state index is 4.62. The third-order valence-electron chi connectivity index (χ3n) is 2.68. The second-order valence-corrected chi connectivity index (χ2v) is 5.11. The van der Waals surface area contributed by atoms with Crippen LogP contribution < -0.4 is 0 Å². The summed E-state index contributed by atoms with van der Waals surface area (Å²) in [7, 11) is 0. The number of thiazole rings is 1. The van der Waals surface area contributed by atoms with Crippen molar-refractivity contribution in [3.63, 3.8) is 0 Å². The highest BCUT2D eigenvalue weighted by atomic mass is 32.1. The van der Waals surface area contributed by atoms with Crippen molar-refractivity contribution in [3.05, 3.63) is 40.9 Å². The van der Waals surface area contributed by atoms with Gasteiger partial charge in [-0.3, -0.25) is 4.99 Å². The number of nitrogens with zero attached hydrogens (tertiary/aromatic N) is 2. The van der Waals surface area contributed by atoms with Crippen molar-refractivity contribution in [2.75, 3.05) is 0 Å². The van der Waals surface area contributed by atoms with Gasteiger partial charge in [0.05, 0.1) is 11.7 Å². The van der Waals surface area contributed by atoms with Gasteiger partial charge >= 0.3 is 0 Å². The Morgan fingerprint density at radius 1 is 1.25 bits per heavy atom. The fourth-order valence-electron chi connectivity index (χ4n) is 1.83. The Morgan fingerprint density at radius 3 is 2.88 bits per heavy atom. The number of aliphatic imine (C=N–C) groups is 1. The van der Waals surface area contributed by atoms with E-state index in [4.69, 9.17) is 0 Å². The van der Waals surface area contributed by atoms with E-state index in [9.17, 15) is 0 Å². The molecule has 1 aromatic carbocycles. The Kier molecular flexibility index (Phi) is 2.33. The molecule has 0 spiro atoms. The first-order valence-corrected chi connectivity index (χ1v) is 6.23. The van der Waals surface area contributed by atoms with Gasteiger partial charge in [0, 0.05) is 23.1 Å². The Balaban J connectivity index is 2.03. The SMILES string of the molecule is C[C@@H]1Cc2sc(-c3ccccc3)nc2C=N1. The molecule has 0 unspecified atom stereocenters. The average molecular weight is 228 g/mol. The smallest absolute Gasteiger partial charge is 0.124 e. The first-order valence-electron chi connectivity index (χ1n) is 5.41. The van der Waals surface area contributed by atoms with E-state index in [-0.39, 0.29) is 0 Å². The molecule has 0 amide bonds. The predicted octanol–water partition coefficient (Wildman–Crippen LogP) is 3.17. The lowest BCUT2D eigenvalue weighted by Gasteiger charge is -2.08. The van der Waals surface area contributed by atoms with Crippen LogP contribution in [0.15, 0.2) is 35.3 Å². The van der Waals surface area contributed by atoms with Crippen molar-refractivity contribution in [1.82, 2.24) is 4.98 Å². The van der Waals surface area contributed by atoms with Gasteiger partial charge in [-0.1, -0.05) is 30.3 Å². The summed E-state index contributed by atoms with van der Waals surface area (Å²) in [4.78, 5) is 10.4. The van der Waals surface area contributed by atoms with Crippen LogP contribution in [0.3, 0.4) is 0 Å². The van der Waals surface area contributed by atoms with Gasteiger partial charge in [-0.25, -0.2) is 4.98 Å². The highest BCUT2D eigenvalue weighted by molar-refractivity contribution is 7.15. The molecule has 0 bridgehead atoms. The minimum Gasteiger partial charge on any atom is -0.287 e. The van der Waals surface area contributed by atoms with E-state index in [2.05, 4.69) is 29.0 Å². The predicted molar refractivity (Wildman–Crippen MR) is 68.3 cm³/mol. The van der Waals surface area contributed by atoms with Crippen molar-refractivity contribution < 1.29 is 0 Å². The van der Waals surface area contributed by atoms with E-state index >= 15 is 0 Å². The summed E-state index contributed by atoms with van der Waals surface area (Å²) in [5.74, 6) is 0. The molecule has 0 saturated heterocycles. The maximum absolute atomic E-state index is 4.62. The lowest BCUT2D eigenvalue weighted by Crippen LogP contribution is -2.09. The second-order valence-electron chi connectivity index (χ2n) is 4.02. The standard InChI is InChI=1S/C13H12N2S/c1-9-7-12-11(8-14-9)15-13(16-12)10-5-3-2-4-6-10/h2-6,8-9H,7H2,1H3/t9-/m1/s1. The summed E-state index contributed by atoms with van der Waals surface area (Å²) in [6.07, 6.45) is 2.93. The first-order chi connectivity index (χ1) is 7.83. The van der Waals surface area contributed by atoms with E-state index in [1.165, 1.54) is 10.4 Å². The third kappa shape index (κ3) is 1.67. The molecule has 2 heterocycles. The van der Waals surface area contributed by atoms with E-state index in [1.54, 1.807) is 11.3 Å². The lowest BCUT2D eigenvalue weighted by molar-refractivity contribution is 0.739. The second kappa shape index (κ2) is 3.83. The molecule has 0 saturated carbocycles. The molecule has 2 nitrogen and oxygen atoms in total. The van der Waals surface area contributed by atoms with E-state index in [0.717, 1.165) is 17.1 Å². The molecule has 0 fully saturated rings. The molecule has 16 heavy (non-hydrogen) atoms. The molecule has 80 valence electrons. The van der Waals surface area contributed by atoms with Crippen molar-refractivity contribution >= 4 is 17.6 Å². The molecular weight excluding hydrogens is 216 g/mol. The lowest BCUT2D eigenvalue weighted by atomic mass is 10.1. The van der Waals surface area contributed by atoms with Gasteiger partial charge in [0.2, 0.25) is 0 Å². The molecule has 0 radical (unpaired) electrons. The maximum Gasteiger partial charge on any atom is 0.124 e. The van der Waals surface area contributed by atoms with Gasteiger partial charge < -0.3 is 0 Å². The Labute approximate surface area is 98.7 Å². The molecule has 3 heteroatoms. The summed E-state index contributed by atoms with van der Waals surface area (Å²) >= 11 is 1.79. The van der Waals surface area contributed by atoms with Gasteiger partial charge in [0.15, 0.2) is 0 Å². The topological polar surface area (TPSA) is 25.2 Å². The van der Waals surface area contributed by atoms with Gasteiger partial charge in [-0.2, -0.15) is 0 Å². The summed E-state index contributed by atoms with van der Waals surface area (Å²) in [6.45, 7) is 2.14. The Bertz CT molecular complexity index is 528. The minimum atomic E-state index is 0.400. The van der Waals surface area contributed by atoms with Crippen LogP contribution >= 0.6 is 11.3 Å². The molecule has 0 N–H and O–H groups in total. The number of benzene rings is 1. The summed E-state index contributed by atoms with van der Waals surface area (Å²) in [5, 5.41) is 1.10. The van der Waals surface area contributed by atoms with Crippen LogP contribution in [0, 0.1) is 0 Å². The van der Waals surface area contributed by atoms with Crippen molar-refractivity contribution in [1.29, 1.82) is 0 Å². The number of hydrogen-bond donors (Lipinski definition) is 0. The zero-order valence-corrected chi connectivity index (χ0v) is 9.87. The van der Waals surface area contributed by atoms with Crippen LogP contribution in [0.25, 0.3) is 10.6 Å². The molecule has 0 aliphatic carbocycles. The minimum absolute atomic E-state index is 0.400. The van der Waals surface area contributed by atoms with E-state index in [1.807, 2.05) is 24.4 Å². The van der Waals surface area contributed by atoms with Crippen molar-refractivity contribution in [3.8, 4) is 10.6 Å². The summed E-state index contributed by atoms with van der Waals surface area (Å²) in [5.41, 5.74) is 2.25. The van der Waals surface area contributed by atoms with E-state index in [0.29, 0.717) is 6.04 Å². The Hall–Kier alpha value is -1.48. The largest absolute Gasteiger partial charge is 0.287 e. The number of fused-ring (bicyclic) bond motifs is 1. The summed E-state index contributed by atoms with van der Waals surface area (Å²) in [6, 6.07) is 10.7. The zero-order chi connectivity index (χ0) is 11.0. The molecule has 1 aliphatic heterocycles. The van der Waals surface area contributed by atoms with Gasteiger partial charge in [-0.05, 0) is 6.92 Å². The Morgan fingerprint density at radius 2 is 2.06 bits per heavy atom. The zero-order valence-electron chi connectivity index (χ0n) is 9.05. The van der Waals surface area contributed by atoms with Crippen LogP contribution in [0.2, 0.25) is 0 Å².